The first-order valence-corrected chi connectivity index (χ1v) is 11.9. The Morgan fingerprint density at radius 1 is 1.10 bits per heavy atom. The van der Waals surface area contributed by atoms with Gasteiger partial charge in [0, 0.05) is 18.0 Å². The molecule has 0 spiro atoms. The van der Waals surface area contributed by atoms with Crippen LogP contribution in [-0.4, -0.2) is 41.3 Å². The summed E-state index contributed by atoms with van der Waals surface area (Å²) in [5.41, 5.74) is 1.17. The van der Waals surface area contributed by atoms with Gasteiger partial charge in [0.05, 0.1) is 18.1 Å². The molecule has 0 aliphatic rings. The second kappa shape index (κ2) is 9.40. The van der Waals surface area contributed by atoms with E-state index in [0.29, 0.717) is 39.9 Å². The molecule has 0 atom stereocenters. The Hall–Kier alpha value is -3.71. The molecule has 0 bridgehead atoms. The van der Waals surface area contributed by atoms with Gasteiger partial charge in [-0.3, -0.25) is 4.79 Å². The fourth-order valence-corrected chi connectivity index (χ4v) is 3.83. The van der Waals surface area contributed by atoms with Crippen molar-refractivity contribution in [1.29, 1.82) is 0 Å². The van der Waals surface area contributed by atoms with Crippen molar-refractivity contribution in [2.45, 2.75) is 0 Å². The van der Waals surface area contributed by atoms with Crippen molar-refractivity contribution in [1.82, 2.24) is 15.0 Å². The lowest BCUT2D eigenvalue weighted by atomic mass is 10.2. The molecule has 0 saturated carbocycles. The maximum Gasteiger partial charge on any atom is 0.247 e. The van der Waals surface area contributed by atoms with Crippen molar-refractivity contribution in [2.24, 2.45) is 0 Å². The zero-order chi connectivity index (χ0) is 22.4. The van der Waals surface area contributed by atoms with Gasteiger partial charge in [-0.25, -0.2) is 15.0 Å². The van der Waals surface area contributed by atoms with Crippen LogP contribution in [-0.2, 0) is 9.36 Å². The number of hydrogen-bond acceptors (Lipinski definition) is 8. The first-order chi connectivity index (χ1) is 14.8. The Bertz CT molecular complexity index is 1160. The summed E-state index contributed by atoms with van der Waals surface area (Å²) in [5, 5.41) is 9.60. The number of rotatable bonds is 8. The summed E-state index contributed by atoms with van der Waals surface area (Å²) in [4.78, 5) is 24.3. The number of methoxy groups -OCH3 is 1. The first-order valence-electron chi connectivity index (χ1n) is 9.28. The number of carbonyl (C=O) groups is 1. The Labute approximate surface area is 180 Å². The molecule has 0 radical (unpaired) electrons. The van der Waals surface area contributed by atoms with E-state index in [0.717, 1.165) is 0 Å². The van der Waals surface area contributed by atoms with Crippen molar-refractivity contribution in [3.8, 4) is 5.75 Å². The largest absolute Gasteiger partial charge is 0.495 e. The first kappa shape index (κ1) is 22.0. The monoisotopic (exact) mass is 438 g/mol. The molecule has 2 aromatic heterocycles. The van der Waals surface area contributed by atoms with Crippen molar-refractivity contribution in [2.75, 3.05) is 36.4 Å². The van der Waals surface area contributed by atoms with Crippen LogP contribution in [0, 0.1) is 0 Å². The Kier molecular flexibility index (Phi) is 6.67. The summed E-state index contributed by atoms with van der Waals surface area (Å²) in [5.74, 6) is 1.68. The van der Waals surface area contributed by atoms with Gasteiger partial charge in [0.2, 0.25) is 5.91 Å². The van der Waals surface area contributed by atoms with Crippen LogP contribution in [0.3, 0.4) is 0 Å². The predicted molar refractivity (Wildman–Crippen MR) is 124 cm³/mol. The molecule has 1 amide bonds. The lowest BCUT2D eigenvalue weighted by Crippen LogP contribution is -2.12. The van der Waals surface area contributed by atoms with Crippen LogP contribution in [0.5, 0.6) is 5.75 Å². The molecule has 160 valence electrons. The zero-order valence-corrected chi connectivity index (χ0v) is 18.3. The highest BCUT2D eigenvalue weighted by molar-refractivity contribution is 7.70. The minimum atomic E-state index is -2.53. The molecule has 9 nitrogen and oxygen atoms in total. The molecule has 10 heteroatoms. The van der Waals surface area contributed by atoms with Crippen molar-refractivity contribution >= 4 is 47.2 Å². The summed E-state index contributed by atoms with van der Waals surface area (Å²) >= 11 is 0. The minimum Gasteiger partial charge on any atom is -0.495 e. The third-order valence-electron chi connectivity index (χ3n) is 4.20. The molecular weight excluding hydrogens is 415 g/mol. The van der Waals surface area contributed by atoms with Crippen LogP contribution in [0.1, 0.15) is 0 Å². The van der Waals surface area contributed by atoms with E-state index >= 15 is 0 Å². The highest BCUT2D eigenvalue weighted by Gasteiger charge is 2.17. The molecule has 3 N–H and O–H groups in total. The highest BCUT2D eigenvalue weighted by Crippen LogP contribution is 2.37. The average Bonchev–Trinajstić information content (AvgIpc) is 2.74. The Morgan fingerprint density at radius 2 is 1.84 bits per heavy atom. The molecular formula is C21H23N6O3P. The van der Waals surface area contributed by atoms with E-state index in [4.69, 9.17) is 4.74 Å². The molecule has 0 unspecified atom stereocenters. The number of carbonyl (C=O) groups excluding carboxylic acids is 1. The van der Waals surface area contributed by atoms with Crippen LogP contribution in [0.15, 0.2) is 61.6 Å². The smallest absolute Gasteiger partial charge is 0.247 e. The molecule has 3 rings (SSSR count). The highest BCUT2D eigenvalue weighted by atomic mass is 31.2. The molecule has 3 aromatic rings. The predicted octanol–water partition coefficient (Wildman–Crippen LogP) is 3.74. The molecule has 31 heavy (non-hydrogen) atoms. The summed E-state index contributed by atoms with van der Waals surface area (Å²) in [6.45, 7) is 6.82. The maximum atomic E-state index is 12.6. The van der Waals surface area contributed by atoms with Gasteiger partial charge in [-0.2, -0.15) is 0 Å². The van der Waals surface area contributed by atoms with Crippen molar-refractivity contribution < 1.29 is 14.1 Å². The summed E-state index contributed by atoms with van der Waals surface area (Å²) < 4.78 is 17.9. The minimum absolute atomic E-state index is 0.319. The summed E-state index contributed by atoms with van der Waals surface area (Å²) in [6, 6.07) is 10.4. The van der Waals surface area contributed by atoms with Crippen LogP contribution in [0.25, 0.3) is 0 Å². The lowest BCUT2D eigenvalue weighted by Gasteiger charge is -2.15. The number of anilines is 5. The van der Waals surface area contributed by atoms with E-state index in [-0.39, 0.29) is 5.91 Å². The fraction of sp³-hybridized carbons (Fsp3) is 0.143. The van der Waals surface area contributed by atoms with Crippen LogP contribution in [0.4, 0.5) is 28.8 Å². The van der Waals surface area contributed by atoms with Crippen LogP contribution < -0.4 is 26.0 Å². The summed E-state index contributed by atoms with van der Waals surface area (Å²) in [6.07, 6.45) is 4.20. The number of benzene rings is 1. The van der Waals surface area contributed by atoms with Gasteiger partial charge in [-0.15, -0.1) is 0 Å². The molecule has 1 aromatic carbocycles. The van der Waals surface area contributed by atoms with Crippen LogP contribution >= 0.6 is 7.14 Å². The van der Waals surface area contributed by atoms with E-state index in [1.165, 1.54) is 12.4 Å². The van der Waals surface area contributed by atoms with Gasteiger partial charge in [0.25, 0.3) is 0 Å². The normalized spacial score (nSPS) is 10.8. The third-order valence-corrected chi connectivity index (χ3v) is 5.72. The molecule has 0 saturated heterocycles. The molecule has 0 fully saturated rings. The van der Waals surface area contributed by atoms with E-state index in [2.05, 4.69) is 37.5 Å². The van der Waals surface area contributed by atoms with Crippen LogP contribution in [0.2, 0.25) is 0 Å². The van der Waals surface area contributed by atoms with E-state index in [9.17, 15) is 9.36 Å². The Balaban J connectivity index is 1.87. The van der Waals surface area contributed by atoms with Gasteiger partial charge in [0.15, 0.2) is 0 Å². The van der Waals surface area contributed by atoms with Crippen molar-refractivity contribution in [3.63, 3.8) is 0 Å². The molecule has 0 aliphatic carbocycles. The second-order valence-electron chi connectivity index (χ2n) is 6.87. The fourth-order valence-electron chi connectivity index (χ4n) is 2.76. The number of pyridine rings is 1. The number of amides is 1. The summed E-state index contributed by atoms with van der Waals surface area (Å²) in [7, 11) is -0.985. The standard InChI is InChI=1S/C21H23N6O3P/c1-5-20(28)25-14-8-9-16(30-2)15(11-14)26-18-12-19(24-13-23-18)27-21-17(31(3,4)29)7-6-10-22-21/h5-13H,1H2,2-4H3,(H,25,28)(H2,22,23,24,26,27). The SMILES string of the molecule is C=CC(=O)Nc1ccc(OC)c(Nc2cc(Nc3ncccc3P(C)(C)=O)ncn2)c1. The Morgan fingerprint density at radius 3 is 2.52 bits per heavy atom. The zero-order valence-electron chi connectivity index (χ0n) is 17.4. The molecule has 2 heterocycles. The van der Waals surface area contributed by atoms with Gasteiger partial charge in [-0.05, 0) is 49.7 Å². The van der Waals surface area contributed by atoms with E-state index in [1.54, 1.807) is 63.0 Å². The topological polar surface area (TPSA) is 118 Å². The van der Waals surface area contributed by atoms with Gasteiger partial charge in [0.1, 0.15) is 36.7 Å². The number of nitrogens with zero attached hydrogens (tertiary/aromatic N) is 3. The van der Waals surface area contributed by atoms with E-state index < -0.39 is 7.14 Å². The van der Waals surface area contributed by atoms with Gasteiger partial charge < -0.3 is 25.3 Å². The van der Waals surface area contributed by atoms with E-state index in [1.807, 2.05) is 0 Å². The quantitative estimate of drug-likeness (QED) is 0.360. The van der Waals surface area contributed by atoms with Gasteiger partial charge in [-0.1, -0.05) is 6.58 Å². The third kappa shape index (κ3) is 5.67. The number of hydrogen-bond donors (Lipinski definition) is 3. The number of ether oxygens (including phenoxy) is 1. The second-order valence-corrected chi connectivity index (χ2v) is 10.1. The number of aromatic nitrogens is 3. The maximum absolute atomic E-state index is 12.6. The molecule has 0 aliphatic heterocycles. The lowest BCUT2D eigenvalue weighted by molar-refractivity contribution is -0.111. The number of nitrogens with one attached hydrogen (secondary N) is 3. The van der Waals surface area contributed by atoms with Crippen molar-refractivity contribution in [3.05, 3.63) is 61.6 Å². The van der Waals surface area contributed by atoms with Gasteiger partial charge >= 0.3 is 0 Å². The average molecular weight is 438 g/mol.